The van der Waals surface area contributed by atoms with E-state index in [1.165, 1.54) is 12.8 Å². The van der Waals surface area contributed by atoms with Gasteiger partial charge in [-0.3, -0.25) is 0 Å². The molecular weight excluding hydrogens is 174 g/mol. The first-order chi connectivity index (χ1) is 6.77. The van der Waals surface area contributed by atoms with Crippen molar-refractivity contribution in [2.45, 2.75) is 26.3 Å². The average molecular weight is 193 g/mol. The lowest BCUT2D eigenvalue weighted by Gasteiger charge is -2.17. The standard InChI is InChI=1S/C11H19N3/c1-3-4-7-14(2)11-6-5-10(8-12)9-13-11/h5-6,9H,3-4,7-8,12H2,1-2H3. The van der Waals surface area contributed by atoms with Gasteiger partial charge >= 0.3 is 0 Å². The number of pyridine rings is 1. The second-order valence-electron chi connectivity index (χ2n) is 3.50. The van der Waals surface area contributed by atoms with Gasteiger partial charge in [0.2, 0.25) is 0 Å². The molecule has 0 aliphatic carbocycles. The third-order valence-electron chi connectivity index (χ3n) is 2.28. The minimum absolute atomic E-state index is 0.561. The molecule has 3 nitrogen and oxygen atoms in total. The van der Waals surface area contributed by atoms with Gasteiger partial charge in [-0.15, -0.1) is 0 Å². The van der Waals surface area contributed by atoms with E-state index in [1.807, 2.05) is 18.3 Å². The predicted octanol–water partition coefficient (Wildman–Crippen LogP) is 1.78. The zero-order valence-corrected chi connectivity index (χ0v) is 9.03. The molecule has 0 atom stereocenters. The van der Waals surface area contributed by atoms with E-state index in [-0.39, 0.29) is 0 Å². The number of rotatable bonds is 5. The maximum atomic E-state index is 5.50. The number of nitrogens with two attached hydrogens (primary N) is 1. The van der Waals surface area contributed by atoms with Crippen LogP contribution in [0.1, 0.15) is 25.3 Å². The molecule has 0 radical (unpaired) electrons. The fraction of sp³-hybridized carbons (Fsp3) is 0.545. The van der Waals surface area contributed by atoms with Crippen molar-refractivity contribution in [3.8, 4) is 0 Å². The Morgan fingerprint density at radius 2 is 2.21 bits per heavy atom. The largest absolute Gasteiger partial charge is 0.360 e. The van der Waals surface area contributed by atoms with E-state index in [0.29, 0.717) is 6.54 Å². The summed E-state index contributed by atoms with van der Waals surface area (Å²) in [5.74, 6) is 1.02. The van der Waals surface area contributed by atoms with E-state index in [0.717, 1.165) is 17.9 Å². The lowest BCUT2D eigenvalue weighted by molar-refractivity contribution is 0.759. The Labute approximate surface area is 85.9 Å². The Kier molecular flexibility index (Phi) is 4.40. The molecule has 78 valence electrons. The first-order valence-corrected chi connectivity index (χ1v) is 5.14. The van der Waals surface area contributed by atoms with Gasteiger partial charge in [-0.2, -0.15) is 0 Å². The van der Waals surface area contributed by atoms with Gasteiger partial charge in [0.1, 0.15) is 5.82 Å². The summed E-state index contributed by atoms with van der Waals surface area (Å²) in [7, 11) is 2.07. The lowest BCUT2D eigenvalue weighted by atomic mass is 10.2. The fourth-order valence-electron chi connectivity index (χ4n) is 1.27. The topological polar surface area (TPSA) is 42.1 Å². The van der Waals surface area contributed by atoms with E-state index in [4.69, 9.17) is 5.73 Å². The number of hydrogen-bond donors (Lipinski definition) is 1. The second-order valence-corrected chi connectivity index (χ2v) is 3.50. The van der Waals surface area contributed by atoms with Crippen molar-refractivity contribution in [2.24, 2.45) is 5.73 Å². The summed E-state index contributed by atoms with van der Waals surface area (Å²) in [4.78, 5) is 6.52. The normalized spacial score (nSPS) is 10.2. The summed E-state index contributed by atoms with van der Waals surface area (Å²) >= 11 is 0. The highest BCUT2D eigenvalue weighted by Crippen LogP contribution is 2.09. The van der Waals surface area contributed by atoms with Crippen LogP contribution in [-0.4, -0.2) is 18.6 Å². The molecule has 0 amide bonds. The highest BCUT2D eigenvalue weighted by Gasteiger charge is 2.00. The molecule has 0 aliphatic heterocycles. The number of anilines is 1. The van der Waals surface area contributed by atoms with Crippen LogP contribution in [0.3, 0.4) is 0 Å². The van der Waals surface area contributed by atoms with Crippen LogP contribution >= 0.6 is 0 Å². The number of hydrogen-bond acceptors (Lipinski definition) is 3. The smallest absolute Gasteiger partial charge is 0.128 e. The van der Waals surface area contributed by atoms with Crippen LogP contribution in [0, 0.1) is 0 Å². The summed E-state index contributed by atoms with van der Waals surface area (Å²) in [6.45, 7) is 3.82. The number of nitrogens with zero attached hydrogens (tertiary/aromatic N) is 2. The third-order valence-corrected chi connectivity index (χ3v) is 2.28. The van der Waals surface area contributed by atoms with Gasteiger partial charge in [-0.05, 0) is 18.1 Å². The quantitative estimate of drug-likeness (QED) is 0.775. The van der Waals surface area contributed by atoms with Crippen molar-refractivity contribution in [1.82, 2.24) is 4.98 Å². The summed E-state index contributed by atoms with van der Waals surface area (Å²) in [5, 5.41) is 0. The Hall–Kier alpha value is -1.09. The van der Waals surface area contributed by atoms with E-state index < -0.39 is 0 Å². The van der Waals surface area contributed by atoms with Crippen LogP contribution in [0.5, 0.6) is 0 Å². The van der Waals surface area contributed by atoms with Crippen LogP contribution in [0.4, 0.5) is 5.82 Å². The molecular formula is C11H19N3. The second kappa shape index (κ2) is 5.60. The maximum Gasteiger partial charge on any atom is 0.128 e. The van der Waals surface area contributed by atoms with Crippen LogP contribution in [0.15, 0.2) is 18.3 Å². The van der Waals surface area contributed by atoms with Crippen molar-refractivity contribution in [3.63, 3.8) is 0 Å². The van der Waals surface area contributed by atoms with E-state index in [9.17, 15) is 0 Å². The molecule has 0 saturated heterocycles. The van der Waals surface area contributed by atoms with Crippen LogP contribution < -0.4 is 10.6 Å². The maximum absolute atomic E-state index is 5.50. The number of unbranched alkanes of at least 4 members (excludes halogenated alkanes) is 1. The Bertz CT molecular complexity index is 256. The summed E-state index contributed by atoms with van der Waals surface area (Å²) in [6.07, 6.45) is 4.26. The molecule has 0 fully saturated rings. The van der Waals surface area contributed by atoms with Gasteiger partial charge in [0.25, 0.3) is 0 Å². The van der Waals surface area contributed by atoms with E-state index in [1.54, 1.807) is 0 Å². The first-order valence-electron chi connectivity index (χ1n) is 5.14. The molecule has 0 aliphatic rings. The molecule has 1 aromatic rings. The summed E-state index contributed by atoms with van der Waals surface area (Å²) < 4.78 is 0. The molecule has 14 heavy (non-hydrogen) atoms. The van der Waals surface area contributed by atoms with Gasteiger partial charge in [0, 0.05) is 26.3 Å². The molecule has 0 spiro atoms. The highest BCUT2D eigenvalue weighted by atomic mass is 15.2. The van der Waals surface area contributed by atoms with Crippen molar-refractivity contribution in [2.75, 3.05) is 18.5 Å². The van der Waals surface area contributed by atoms with Crippen LogP contribution in [0.25, 0.3) is 0 Å². The molecule has 1 aromatic heterocycles. The van der Waals surface area contributed by atoms with Crippen molar-refractivity contribution in [1.29, 1.82) is 0 Å². The molecule has 2 N–H and O–H groups in total. The lowest BCUT2D eigenvalue weighted by Crippen LogP contribution is -2.19. The predicted molar refractivity (Wildman–Crippen MR) is 60.3 cm³/mol. The third kappa shape index (κ3) is 3.00. The van der Waals surface area contributed by atoms with Gasteiger partial charge in [-0.25, -0.2) is 4.98 Å². The van der Waals surface area contributed by atoms with Crippen molar-refractivity contribution in [3.05, 3.63) is 23.9 Å². The molecule has 0 bridgehead atoms. The molecule has 0 saturated carbocycles. The summed E-state index contributed by atoms with van der Waals surface area (Å²) in [6, 6.07) is 4.06. The minimum Gasteiger partial charge on any atom is -0.360 e. The first kappa shape index (κ1) is 11.0. The molecule has 1 rings (SSSR count). The average Bonchev–Trinajstić information content (AvgIpc) is 2.26. The Balaban J connectivity index is 2.57. The van der Waals surface area contributed by atoms with E-state index in [2.05, 4.69) is 23.9 Å². The highest BCUT2D eigenvalue weighted by molar-refractivity contribution is 5.38. The zero-order chi connectivity index (χ0) is 10.4. The molecule has 3 heteroatoms. The van der Waals surface area contributed by atoms with Gasteiger partial charge in [0.15, 0.2) is 0 Å². The summed E-state index contributed by atoms with van der Waals surface area (Å²) in [5.41, 5.74) is 6.58. The monoisotopic (exact) mass is 193 g/mol. The van der Waals surface area contributed by atoms with Crippen LogP contribution in [0.2, 0.25) is 0 Å². The van der Waals surface area contributed by atoms with Crippen molar-refractivity contribution >= 4 is 5.82 Å². The zero-order valence-electron chi connectivity index (χ0n) is 9.03. The Morgan fingerprint density at radius 3 is 2.71 bits per heavy atom. The van der Waals surface area contributed by atoms with Crippen molar-refractivity contribution < 1.29 is 0 Å². The van der Waals surface area contributed by atoms with Gasteiger partial charge in [-0.1, -0.05) is 19.4 Å². The van der Waals surface area contributed by atoms with Gasteiger partial charge in [0.05, 0.1) is 0 Å². The fourth-order valence-corrected chi connectivity index (χ4v) is 1.27. The molecule has 0 aromatic carbocycles. The minimum atomic E-state index is 0.561. The van der Waals surface area contributed by atoms with Crippen LogP contribution in [-0.2, 0) is 6.54 Å². The molecule has 1 heterocycles. The molecule has 0 unspecified atom stereocenters. The Morgan fingerprint density at radius 1 is 1.43 bits per heavy atom. The SMILES string of the molecule is CCCCN(C)c1ccc(CN)cn1. The van der Waals surface area contributed by atoms with E-state index >= 15 is 0 Å². The number of aromatic nitrogens is 1. The van der Waals surface area contributed by atoms with Gasteiger partial charge < -0.3 is 10.6 Å².